The monoisotopic (exact) mass is 311 g/mol. The number of halogens is 1. The number of anilines is 1. The number of hydrogen-bond acceptors (Lipinski definition) is 4. The maximum Gasteiger partial charge on any atom is 0.171 e. The van der Waals surface area contributed by atoms with Gasteiger partial charge in [-0.25, -0.2) is 9.97 Å². The Balaban J connectivity index is 2.52. The Morgan fingerprint density at radius 1 is 1.29 bits per heavy atom. The summed E-state index contributed by atoms with van der Waals surface area (Å²) in [5, 5.41) is 0. The van der Waals surface area contributed by atoms with Crippen molar-refractivity contribution in [1.29, 1.82) is 0 Å². The lowest BCUT2D eigenvalue weighted by atomic mass is 10.0. The first-order valence-corrected chi connectivity index (χ1v) is 6.99. The van der Waals surface area contributed by atoms with E-state index >= 15 is 0 Å². The molecule has 17 heavy (non-hydrogen) atoms. The second-order valence-corrected chi connectivity index (χ2v) is 6.65. The first-order valence-electron chi connectivity index (χ1n) is 5.38. The minimum atomic E-state index is 0.346. The molecule has 3 nitrogen and oxygen atoms in total. The Bertz CT molecular complexity index is 525. The second kappa shape index (κ2) is 4.74. The van der Waals surface area contributed by atoms with Crippen molar-refractivity contribution in [1.82, 2.24) is 9.97 Å². The topological polar surface area (TPSA) is 51.8 Å². The van der Waals surface area contributed by atoms with E-state index in [9.17, 15) is 0 Å². The van der Waals surface area contributed by atoms with Gasteiger partial charge in [0, 0.05) is 11.3 Å². The summed E-state index contributed by atoms with van der Waals surface area (Å²) in [5.74, 6) is 1.64. The Kier molecular flexibility index (Phi) is 3.49. The Labute approximate surface area is 113 Å². The molecular weight excluding hydrogens is 298 g/mol. The molecule has 0 saturated heterocycles. The van der Waals surface area contributed by atoms with E-state index in [0.717, 1.165) is 19.9 Å². The van der Waals surface area contributed by atoms with Crippen LogP contribution in [-0.4, -0.2) is 9.97 Å². The minimum absolute atomic E-state index is 0.346. The third kappa shape index (κ3) is 2.50. The van der Waals surface area contributed by atoms with E-state index in [-0.39, 0.29) is 0 Å². The Morgan fingerprint density at radius 2 is 2.00 bits per heavy atom. The van der Waals surface area contributed by atoms with Gasteiger partial charge in [-0.3, -0.25) is 0 Å². The summed E-state index contributed by atoms with van der Waals surface area (Å²) in [5.41, 5.74) is 8.02. The molecule has 0 spiro atoms. The van der Waals surface area contributed by atoms with Gasteiger partial charge in [-0.05, 0) is 40.9 Å². The zero-order valence-electron chi connectivity index (χ0n) is 9.99. The molecule has 0 bridgehead atoms. The first kappa shape index (κ1) is 12.5. The van der Waals surface area contributed by atoms with Crippen LogP contribution in [0.3, 0.4) is 0 Å². The van der Waals surface area contributed by atoms with Gasteiger partial charge in [-0.2, -0.15) is 0 Å². The van der Waals surface area contributed by atoms with Gasteiger partial charge in [0.15, 0.2) is 5.82 Å². The van der Waals surface area contributed by atoms with E-state index in [0.29, 0.717) is 17.6 Å². The molecule has 2 rings (SSSR count). The van der Waals surface area contributed by atoms with Crippen LogP contribution in [0.15, 0.2) is 15.9 Å². The first-order chi connectivity index (χ1) is 7.99. The quantitative estimate of drug-likeness (QED) is 0.912. The fraction of sp³-hybridized carbons (Fsp3) is 0.333. The number of aromatic nitrogens is 2. The molecule has 0 aliphatic heterocycles. The van der Waals surface area contributed by atoms with E-state index < -0.39 is 0 Å². The van der Waals surface area contributed by atoms with Crippen molar-refractivity contribution < 1.29 is 0 Å². The Morgan fingerprint density at radius 3 is 2.47 bits per heavy atom. The minimum Gasteiger partial charge on any atom is -0.383 e. The molecule has 5 heteroatoms. The molecule has 0 aromatic carbocycles. The maximum absolute atomic E-state index is 6.01. The molecule has 0 aliphatic carbocycles. The van der Waals surface area contributed by atoms with Gasteiger partial charge in [-0.15, -0.1) is 11.3 Å². The normalized spacial score (nSPS) is 11.1. The SMILES string of the molecule is Cc1nc(-c2ccc(Br)s2)nc(N)c1C(C)C. The highest BCUT2D eigenvalue weighted by atomic mass is 79.9. The largest absolute Gasteiger partial charge is 0.383 e. The predicted molar refractivity (Wildman–Crippen MR) is 76.3 cm³/mol. The highest BCUT2D eigenvalue weighted by molar-refractivity contribution is 9.11. The molecule has 2 aromatic heterocycles. The van der Waals surface area contributed by atoms with Crippen molar-refractivity contribution in [3.63, 3.8) is 0 Å². The predicted octanol–water partition coefficient (Wildman–Crippen LogP) is 3.98. The summed E-state index contributed by atoms with van der Waals surface area (Å²) in [4.78, 5) is 9.96. The molecule has 0 saturated carbocycles. The van der Waals surface area contributed by atoms with Gasteiger partial charge in [0.05, 0.1) is 8.66 Å². The summed E-state index contributed by atoms with van der Waals surface area (Å²) in [6, 6.07) is 3.99. The molecule has 2 aromatic rings. The average molecular weight is 312 g/mol. The van der Waals surface area contributed by atoms with Gasteiger partial charge in [0.1, 0.15) is 5.82 Å². The van der Waals surface area contributed by atoms with E-state index in [4.69, 9.17) is 5.73 Å². The lowest BCUT2D eigenvalue weighted by molar-refractivity contribution is 0.836. The smallest absolute Gasteiger partial charge is 0.171 e. The van der Waals surface area contributed by atoms with E-state index in [1.165, 1.54) is 0 Å². The molecule has 0 atom stereocenters. The summed E-state index contributed by atoms with van der Waals surface area (Å²) < 4.78 is 1.07. The van der Waals surface area contributed by atoms with Crippen molar-refractivity contribution in [2.75, 3.05) is 5.73 Å². The molecule has 0 unspecified atom stereocenters. The van der Waals surface area contributed by atoms with Crippen molar-refractivity contribution in [2.45, 2.75) is 26.7 Å². The number of aryl methyl sites for hydroxylation is 1. The van der Waals surface area contributed by atoms with Crippen LogP contribution in [0.2, 0.25) is 0 Å². The average Bonchev–Trinajstić information content (AvgIpc) is 2.63. The molecule has 90 valence electrons. The van der Waals surface area contributed by atoms with Gasteiger partial charge < -0.3 is 5.73 Å². The highest BCUT2D eigenvalue weighted by Gasteiger charge is 2.14. The van der Waals surface area contributed by atoms with Crippen LogP contribution in [0, 0.1) is 6.92 Å². The molecule has 0 fully saturated rings. The molecule has 0 aliphatic rings. The standard InChI is InChI=1S/C12H14BrN3S/c1-6(2)10-7(3)15-12(16-11(10)14)8-4-5-9(13)17-8/h4-6H,1-3H3,(H2,14,15,16). The highest BCUT2D eigenvalue weighted by Crippen LogP contribution is 2.31. The number of nitrogen functional groups attached to an aromatic ring is 1. The number of nitrogens with two attached hydrogens (primary N) is 1. The van der Waals surface area contributed by atoms with Gasteiger partial charge >= 0.3 is 0 Å². The van der Waals surface area contributed by atoms with Gasteiger partial charge in [0.25, 0.3) is 0 Å². The van der Waals surface area contributed by atoms with Crippen LogP contribution in [0.4, 0.5) is 5.82 Å². The van der Waals surface area contributed by atoms with Crippen LogP contribution < -0.4 is 5.73 Å². The van der Waals surface area contributed by atoms with Crippen LogP contribution in [0.1, 0.15) is 31.0 Å². The fourth-order valence-electron chi connectivity index (χ4n) is 1.86. The van der Waals surface area contributed by atoms with Gasteiger partial charge in [0.2, 0.25) is 0 Å². The summed E-state index contributed by atoms with van der Waals surface area (Å²) in [6.07, 6.45) is 0. The van der Waals surface area contributed by atoms with Crippen molar-refractivity contribution in [3.8, 4) is 10.7 Å². The molecular formula is C12H14BrN3S. The molecule has 0 radical (unpaired) electrons. The third-order valence-corrected chi connectivity index (χ3v) is 4.16. The number of rotatable bonds is 2. The second-order valence-electron chi connectivity index (χ2n) is 4.19. The van der Waals surface area contributed by atoms with Crippen LogP contribution >= 0.6 is 27.3 Å². The number of hydrogen-bond donors (Lipinski definition) is 1. The zero-order chi connectivity index (χ0) is 12.6. The summed E-state index contributed by atoms with van der Waals surface area (Å²) >= 11 is 5.04. The van der Waals surface area contributed by atoms with E-state index in [2.05, 4.69) is 39.7 Å². The van der Waals surface area contributed by atoms with Crippen molar-refractivity contribution in [3.05, 3.63) is 27.2 Å². The number of nitrogens with zero attached hydrogens (tertiary/aromatic N) is 2. The molecule has 0 amide bonds. The van der Waals surface area contributed by atoms with E-state index in [1.54, 1.807) is 11.3 Å². The third-order valence-electron chi connectivity index (χ3n) is 2.54. The van der Waals surface area contributed by atoms with Crippen LogP contribution in [0.25, 0.3) is 10.7 Å². The lowest BCUT2D eigenvalue weighted by Gasteiger charge is -2.12. The van der Waals surface area contributed by atoms with Crippen LogP contribution in [-0.2, 0) is 0 Å². The van der Waals surface area contributed by atoms with Gasteiger partial charge in [-0.1, -0.05) is 13.8 Å². The zero-order valence-corrected chi connectivity index (χ0v) is 12.4. The van der Waals surface area contributed by atoms with Crippen molar-refractivity contribution >= 4 is 33.1 Å². The van der Waals surface area contributed by atoms with Crippen LogP contribution in [0.5, 0.6) is 0 Å². The fourth-order valence-corrected chi connectivity index (χ4v) is 3.18. The molecule has 2 heterocycles. The number of thiophene rings is 1. The Hall–Kier alpha value is -0.940. The molecule has 2 N–H and O–H groups in total. The van der Waals surface area contributed by atoms with E-state index in [1.807, 2.05) is 19.1 Å². The summed E-state index contributed by atoms with van der Waals surface area (Å²) in [6.45, 7) is 6.19. The summed E-state index contributed by atoms with van der Waals surface area (Å²) in [7, 11) is 0. The lowest BCUT2D eigenvalue weighted by Crippen LogP contribution is -2.06. The van der Waals surface area contributed by atoms with Crippen molar-refractivity contribution in [2.24, 2.45) is 0 Å². The maximum atomic E-state index is 6.01.